The van der Waals surface area contributed by atoms with Gasteiger partial charge in [0.15, 0.2) is 4.47 Å². The molecule has 2 nitrogen and oxygen atoms in total. The topological polar surface area (TPSA) is 22.1 Å². The molecule has 0 atom stereocenters. The van der Waals surface area contributed by atoms with E-state index in [1.54, 1.807) is 6.20 Å². The first kappa shape index (κ1) is 13.4. The summed E-state index contributed by atoms with van der Waals surface area (Å²) in [6.07, 6.45) is 1.76. The molecular weight excluding hydrogens is 266 g/mol. The van der Waals surface area contributed by atoms with Crippen molar-refractivity contribution in [2.45, 2.75) is 33.3 Å². The summed E-state index contributed by atoms with van der Waals surface area (Å²) in [5, 5.41) is 0. The van der Waals surface area contributed by atoms with Crippen molar-refractivity contribution in [2.75, 3.05) is 0 Å². The summed E-state index contributed by atoms with van der Waals surface area (Å²) in [4.78, 5) is 5.04. The number of thiazole rings is 1. The Morgan fingerprint density at radius 2 is 2.17 bits per heavy atom. The minimum absolute atomic E-state index is 0.505. The lowest BCUT2D eigenvalue weighted by atomic mass is 10.0. The molecule has 0 radical (unpaired) electrons. The van der Waals surface area contributed by atoms with Crippen LogP contribution in [0.4, 0.5) is 0 Å². The molecule has 0 spiro atoms. The Morgan fingerprint density at radius 3 is 2.78 bits per heavy atom. The molecule has 0 unspecified atom stereocenters. The van der Waals surface area contributed by atoms with Gasteiger partial charge in [-0.1, -0.05) is 37.6 Å². The normalized spacial score (nSPS) is 10.9. The molecule has 0 aliphatic rings. The van der Waals surface area contributed by atoms with E-state index in [4.69, 9.17) is 16.3 Å². The second-order valence-corrected chi connectivity index (χ2v) is 6.25. The fourth-order valence-electron chi connectivity index (χ4n) is 1.63. The third-order valence-electron chi connectivity index (χ3n) is 2.77. The van der Waals surface area contributed by atoms with Gasteiger partial charge in [-0.3, -0.25) is 0 Å². The fourth-order valence-corrected chi connectivity index (χ4v) is 2.52. The molecule has 0 bridgehead atoms. The number of halogens is 1. The average Bonchev–Trinajstić information content (AvgIpc) is 2.74. The third-order valence-corrected chi connectivity index (χ3v) is 3.86. The predicted octanol–water partition coefficient (Wildman–Crippen LogP) is 4.81. The molecule has 0 saturated carbocycles. The molecule has 0 aliphatic heterocycles. The molecule has 1 heterocycles. The van der Waals surface area contributed by atoms with E-state index in [0.29, 0.717) is 17.0 Å². The van der Waals surface area contributed by atoms with Crippen LogP contribution in [-0.2, 0) is 6.61 Å². The van der Waals surface area contributed by atoms with Crippen LogP contribution in [0.5, 0.6) is 5.75 Å². The minimum atomic E-state index is 0.505. The maximum atomic E-state index is 5.84. The number of benzene rings is 1. The summed E-state index contributed by atoms with van der Waals surface area (Å²) in [6.45, 7) is 6.93. The van der Waals surface area contributed by atoms with E-state index in [0.717, 1.165) is 16.2 Å². The van der Waals surface area contributed by atoms with Crippen LogP contribution in [-0.4, -0.2) is 4.98 Å². The van der Waals surface area contributed by atoms with Crippen LogP contribution in [0.3, 0.4) is 0 Å². The first-order valence-corrected chi connectivity index (χ1v) is 7.09. The zero-order chi connectivity index (χ0) is 13.1. The van der Waals surface area contributed by atoms with Gasteiger partial charge in [0.05, 0.1) is 4.88 Å². The van der Waals surface area contributed by atoms with Crippen molar-refractivity contribution in [1.82, 2.24) is 4.98 Å². The number of ether oxygens (including phenoxy) is 1. The zero-order valence-corrected chi connectivity index (χ0v) is 12.3. The van der Waals surface area contributed by atoms with Gasteiger partial charge in [-0.15, -0.1) is 11.3 Å². The van der Waals surface area contributed by atoms with Crippen LogP contribution in [0.2, 0.25) is 4.47 Å². The highest BCUT2D eigenvalue weighted by atomic mass is 35.5. The zero-order valence-electron chi connectivity index (χ0n) is 10.7. The van der Waals surface area contributed by atoms with Gasteiger partial charge in [0.2, 0.25) is 0 Å². The Kier molecular flexibility index (Phi) is 4.25. The van der Waals surface area contributed by atoms with E-state index in [-0.39, 0.29) is 0 Å². The molecule has 2 aromatic rings. The second-order valence-electron chi connectivity index (χ2n) is 4.55. The van der Waals surface area contributed by atoms with Gasteiger partial charge in [-0.05, 0) is 30.0 Å². The first-order valence-electron chi connectivity index (χ1n) is 5.90. The summed E-state index contributed by atoms with van der Waals surface area (Å²) < 4.78 is 6.40. The van der Waals surface area contributed by atoms with Gasteiger partial charge < -0.3 is 4.74 Å². The van der Waals surface area contributed by atoms with Crippen molar-refractivity contribution in [3.05, 3.63) is 44.9 Å². The van der Waals surface area contributed by atoms with Gasteiger partial charge in [0.25, 0.3) is 0 Å². The lowest BCUT2D eigenvalue weighted by molar-refractivity contribution is 0.307. The van der Waals surface area contributed by atoms with Crippen LogP contribution in [0.25, 0.3) is 0 Å². The predicted molar refractivity (Wildman–Crippen MR) is 76.7 cm³/mol. The summed E-state index contributed by atoms with van der Waals surface area (Å²) in [6, 6.07) is 6.36. The summed E-state index contributed by atoms with van der Waals surface area (Å²) in [5.74, 6) is 1.44. The quantitative estimate of drug-likeness (QED) is 0.802. The van der Waals surface area contributed by atoms with Crippen molar-refractivity contribution < 1.29 is 4.74 Å². The Hall–Kier alpha value is -1.06. The van der Waals surface area contributed by atoms with E-state index in [1.807, 2.05) is 0 Å². The van der Waals surface area contributed by atoms with Crippen LogP contribution in [0, 0.1) is 6.92 Å². The Bertz CT molecular complexity index is 536. The lowest BCUT2D eigenvalue weighted by Gasteiger charge is -2.12. The number of aryl methyl sites for hydroxylation is 1. The fraction of sp³-hybridized carbons (Fsp3) is 0.357. The molecule has 0 fully saturated rings. The largest absolute Gasteiger partial charge is 0.488 e. The van der Waals surface area contributed by atoms with Gasteiger partial charge in [0.1, 0.15) is 12.4 Å². The number of hydrogen-bond donors (Lipinski definition) is 0. The Morgan fingerprint density at radius 1 is 1.39 bits per heavy atom. The van der Waals surface area contributed by atoms with E-state index in [2.05, 4.69) is 44.0 Å². The first-order chi connectivity index (χ1) is 8.56. The molecule has 0 amide bonds. The van der Waals surface area contributed by atoms with Crippen molar-refractivity contribution in [3.63, 3.8) is 0 Å². The molecule has 1 aromatic heterocycles. The van der Waals surface area contributed by atoms with Crippen LogP contribution >= 0.6 is 22.9 Å². The SMILES string of the molecule is Cc1ccc(C(C)C)cc1OCc1cnc(Cl)s1. The molecule has 96 valence electrons. The number of rotatable bonds is 4. The third kappa shape index (κ3) is 3.24. The highest BCUT2D eigenvalue weighted by Gasteiger charge is 2.06. The van der Waals surface area contributed by atoms with E-state index in [9.17, 15) is 0 Å². The molecule has 2 rings (SSSR count). The van der Waals surface area contributed by atoms with Crippen molar-refractivity contribution in [3.8, 4) is 5.75 Å². The van der Waals surface area contributed by atoms with Gasteiger partial charge in [0, 0.05) is 6.20 Å². The summed E-state index contributed by atoms with van der Waals surface area (Å²) in [7, 11) is 0. The summed E-state index contributed by atoms with van der Waals surface area (Å²) >= 11 is 7.24. The molecule has 0 saturated heterocycles. The molecule has 0 aliphatic carbocycles. The lowest BCUT2D eigenvalue weighted by Crippen LogP contribution is -1.97. The summed E-state index contributed by atoms with van der Waals surface area (Å²) in [5.41, 5.74) is 2.44. The molecule has 0 N–H and O–H groups in total. The number of nitrogens with zero attached hydrogens (tertiary/aromatic N) is 1. The van der Waals surface area contributed by atoms with Crippen molar-refractivity contribution in [2.24, 2.45) is 0 Å². The van der Waals surface area contributed by atoms with Gasteiger partial charge in [-0.2, -0.15) is 0 Å². The Balaban J connectivity index is 2.10. The maximum absolute atomic E-state index is 5.84. The maximum Gasteiger partial charge on any atom is 0.183 e. The standard InChI is InChI=1S/C14H16ClNOS/c1-9(2)11-5-4-10(3)13(6-11)17-8-12-7-16-14(15)18-12/h4-7,9H,8H2,1-3H3. The van der Waals surface area contributed by atoms with E-state index >= 15 is 0 Å². The number of aromatic nitrogens is 1. The van der Waals surface area contributed by atoms with E-state index < -0.39 is 0 Å². The molecular formula is C14H16ClNOS. The molecule has 1 aromatic carbocycles. The molecule has 4 heteroatoms. The smallest absolute Gasteiger partial charge is 0.183 e. The van der Waals surface area contributed by atoms with Crippen LogP contribution in [0.15, 0.2) is 24.4 Å². The minimum Gasteiger partial charge on any atom is -0.488 e. The van der Waals surface area contributed by atoms with Gasteiger partial charge in [-0.25, -0.2) is 4.98 Å². The average molecular weight is 282 g/mol. The van der Waals surface area contributed by atoms with Crippen molar-refractivity contribution >= 4 is 22.9 Å². The Labute approximate surface area is 117 Å². The highest BCUT2D eigenvalue weighted by molar-refractivity contribution is 7.15. The van der Waals surface area contributed by atoms with Crippen LogP contribution in [0.1, 0.15) is 35.8 Å². The van der Waals surface area contributed by atoms with Gasteiger partial charge >= 0.3 is 0 Å². The number of hydrogen-bond acceptors (Lipinski definition) is 3. The van der Waals surface area contributed by atoms with E-state index in [1.165, 1.54) is 16.9 Å². The monoisotopic (exact) mass is 281 g/mol. The second kappa shape index (κ2) is 5.72. The molecule has 18 heavy (non-hydrogen) atoms. The highest BCUT2D eigenvalue weighted by Crippen LogP contribution is 2.26. The van der Waals surface area contributed by atoms with Crippen molar-refractivity contribution in [1.29, 1.82) is 0 Å². The van der Waals surface area contributed by atoms with Crippen LogP contribution < -0.4 is 4.74 Å².